The number of nitrogens with zero attached hydrogens (tertiary/aromatic N) is 2. The summed E-state index contributed by atoms with van der Waals surface area (Å²) >= 11 is 0. The van der Waals surface area contributed by atoms with E-state index in [1.807, 2.05) is 0 Å². The van der Waals surface area contributed by atoms with Crippen LogP contribution < -0.4 is 4.90 Å². The van der Waals surface area contributed by atoms with Gasteiger partial charge in [0.15, 0.2) is 0 Å². The zero-order chi connectivity index (χ0) is 47.0. The van der Waals surface area contributed by atoms with Crippen LogP contribution in [0.3, 0.4) is 0 Å². The topological polar surface area (TPSA) is 8.17 Å². The number of rotatable bonds is 4. The van der Waals surface area contributed by atoms with Gasteiger partial charge in [-0.3, -0.25) is 0 Å². The van der Waals surface area contributed by atoms with Gasteiger partial charge in [-0.15, -0.1) is 0 Å². The summed E-state index contributed by atoms with van der Waals surface area (Å²) in [5.74, 6) is 0. The van der Waals surface area contributed by atoms with E-state index in [0.29, 0.717) is 0 Å². The van der Waals surface area contributed by atoms with Gasteiger partial charge in [0.2, 0.25) is 0 Å². The summed E-state index contributed by atoms with van der Waals surface area (Å²) in [5.41, 5.74) is 14.4. The minimum Gasteiger partial charge on any atom is -0.309 e. The highest BCUT2D eigenvalue weighted by Crippen LogP contribution is 2.56. The van der Waals surface area contributed by atoms with E-state index < -0.39 is 0 Å². The molecule has 2 nitrogen and oxygen atoms in total. The second-order valence-corrected chi connectivity index (χ2v) is 20.1. The highest BCUT2D eigenvalue weighted by molar-refractivity contribution is 6.26. The normalized spacial score (nSPS) is 13.3. The zero-order valence-corrected chi connectivity index (χ0v) is 39.5. The Kier molecular flexibility index (Phi) is 8.45. The number of hydrogen-bond donors (Lipinski definition) is 0. The smallest absolute Gasteiger partial charge is 0.0547 e. The average molecular weight is 903 g/mol. The van der Waals surface area contributed by atoms with Gasteiger partial charge in [0, 0.05) is 27.3 Å². The molecule has 0 N–H and O–H groups in total. The SMILES string of the molecule is CC1(C)c2cc(-c3ccc4c(c3)c3cc5ccccc5cc3n4-c3ccc4c5ccc(-c6ccccc6)cc5c5ccccc5c4c3)ccc2N(c2cccc3ccccc23)c2ccc3ccccc3c21. The van der Waals surface area contributed by atoms with Crippen molar-refractivity contribution in [1.82, 2.24) is 4.57 Å². The average Bonchev–Trinajstić information content (AvgIpc) is 3.74. The quantitative estimate of drug-likeness (QED) is 0.160. The van der Waals surface area contributed by atoms with E-state index in [2.05, 4.69) is 266 Å². The third kappa shape index (κ3) is 5.89. The molecule has 1 aliphatic heterocycles. The summed E-state index contributed by atoms with van der Waals surface area (Å²) in [6.07, 6.45) is 0. The molecule has 13 aromatic carbocycles. The fourth-order valence-corrected chi connectivity index (χ4v) is 12.5. The Morgan fingerprint density at radius 1 is 0.282 bits per heavy atom. The van der Waals surface area contributed by atoms with Gasteiger partial charge in [-0.05, 0) is 159 Å². The third-order valence-electron chi connectivity index (χ3n) is 15.8. The van der Waals surface area contributed by atoms with Crippen LogP contribution in [0.25, 0.3) is 114 Å². The Balaban J connectivity index is 0.934. The second-order valence-electron chi connectivity index (χ2n) is 20.1. The Hall–Kier alpha value is -8.98. The van der Waals surface area contributed by atoms with Crippen LogP contribution in [0, 0.1) is 0 Å². The van der Waals surface area contributed by atoms with Crippen molar-refractivity contribution in [2.24, 2.45) is 0 Å². The maximum atomic E-state index is 2.52. The van der Waals surface area contributed by atoms with Crippen LogP contribution in [0.5, 0.6) is 0 Å². The fourth-order valence-electron chi connectivity index (χ4n) is 12.5. The first-order valence-electron chi connectivity index (χ1n) is 24.8. The Labute approximate surface area is 411 Å². The lowest BCUT2D eigenvalue weighted by atomic mass is 9.71. The minimum absolute atomic E-state index is 0.294. The lowest BCUT2D eigenvalue weighted by Crippen LogP contribution is -2.31. The van der Waals surface area contributed by atoms with Crippen molar-refractivity contribution < 1.29 is 0 Å². The molecular formula is C69H46N2. The monoisotopic (exact) mass is 902 g/mol. The van der Waals surface area contributed by atoms with Crippen molar-refractivity contribution in [3.05, 3.63) is 254 Å². The van der Waals surface area contributed by atoms with Gasteiger partial charge in [-0.1, -0.05) is 190 Å². The number of benzene rings is 13. The Bertz CT molecular complexity index is 4530. The van der Waals surface area contributed by atoms with E-state index in [9.17, 15) is 0 Å². The number of fused-ring (bicyclic) bond motifs is 15. The molecule has 1 aliphatic rings. The van der Waals surface area contributed by atoms with Crippen LogP contribution in [-0.2, 0) is 5.41 Å². The molecule has 2 heteroatoms. The van der Waals surface area contributed by atoms with Gasteiger partial charge in [0.1, 0.15) is 0 Å². The number of aromatic nitrogens is 1. The predicted molar refractivity (Wildman–Crippen MR) is 304 cm³/mol. The first-order valence-corrected chi connectivity index (χ1v) is 24.8. The van der Waals surface area contributed by atoms with Crippen LogP contribution in [0.1, 0.15) is 25.0 Å². The van der Waals surface area contributed by atoms with Crippen LogP contribution in [0.15, 0.2) is 243 Å². The summed E-state index contributed by atoms with van der Waals surface area (Å²) < 4.78 is 2.50. The summed E-state index contributed by atoms with van der Waals surface area (Å²) in [7, 11) is 0. The fraction of sp³-hybridized carbons (Fsp3) is 0.0435. The van der Waals surface area contributed by atoms with Crippen LogP contribution >= 0.6 is 0 Å². The molecule has 14 aromatic rings. The molecule has 15 rings (SSSR count). The van der Waals surface area contributed by atoms with Gasteiger partial charge in [-0.2, -0.15) is 0 Å². The third-order valence-corrected chi connectivity index (χ3v) is 15.8. The molecule has 0 bridgehead atoms. The van der Waals surface area contributed by atoms with Crippen LogP contribution in [0.2, 0.25) is 0 Å². The maximum Gasteiger partial charge on any atom is 0.0547 e. The highest BCUT2D eigenvalue weighted by Gasteiger charge is 2.39. The minimum atomic E-state index is -0.294. The summed E-state index contributed by atoms with van der Waals surface area (Å²) in [4.78, 5) is 2.52. The van der Waals surface area contributed by atoms with Crippen molar-refractivity contribution in [3.63, 3.8) is 0 Å². The molecule has 0 spiro atoms. The van der Waals surface area contributed by atoms with Crippen molar-refractivity contribution in [2.45, 2.75) is 19.3 Å². The van der Waals surface area contributed by atoms with Crippen molar-refractivity contribution >= 4 is 104 Å². The molecule has 0 saturated heterocycles. The first kappa shape index (κ1) is 40.0. The van der Waals surface area contributed by atoms with Crippen molar-refractivity contribution in [1.29, 1.82) is 0 Å². The summed E-state index contributed by atoms with van der Waals surface area (Å²) in [6.45, 7) is 4.83. The van der Waals surface area contributed by atoms with E-state index in [0.717, 1.165) is 5.69 Å². The maximum absolute atomic E-state index is 2.52. The van der Waals surface area contributed by atoms with Gasteiger partial charge >= 0.3 is 0 Å². The molecule has 0 radical (unpaired) electrons. The molecule has 0 aliphatic carbocycles. The Morgan fingerprint density at radius 2 is 0.817 bits per heavy atom. The van der Waals surface area contributed by atoms with Gasteiger partial charge in [-0.25, -0.2) is 0 Å². The molecule has 332 valence electrons. The van der Waals surface area contributed by atoms with E-state index in [4.69, 9.17) is 0 Å². The van der Waals surface area contributed by atoms with E-state index in [-0.39, 0.29) is 5.41 Å². The van der Waals surface area contributed by atoms with E-state index >= 15 is 0 Å². The van der Waals surface area contributed by atoms with Crippen LogP contribution in [-0.4, -0.2) is 4.57 Å². The molecular weight excluding hydrogens is 857 g/mol. The second kappa shape index (κ2) is 15.0. The van der Waals surface area contributed by atoms with E-state index in [1.165, 1.54) is 137 Å². The molecule has 2 heterocycles. The lowest BCUT2D eigenvalue weighted by Gasteiger charge is -2.43. The van der Waals surface area contributed by atoms with Crippen molar-refractivity contribution in [3.8, 4) is 27.9 Å². The molecule has 0 saturated carbocycles. The molecule has 0 fully saturated rings. The number of anilines is 3. The highest BCUT2D eigenvalue weighted by atomic mass is 15.2. The standard InChI is InChI=1S/C69H46N2/c1-69(2)62-40-50(30-35-65(62)71(63-26-14-21-44-17-8-10-22-52(44)63)66-36-28-45-18-9-11-23-53(45)68(66)69)49-29-34-64-60(39-49)61-38-46-19-6-7-20-47(46)41-67(61)70(64)51-31-33-57-56-32-27-48(43-15-4-3-5-16-43)37-58(56)54-24-12-13-25-55(54)59(57)42-51/h3-42H,1-2H3. The molecule has 1 aromatic heterocycles. The largest absolute Gasteiger partial charge is 0.309 e. The summed E-state index contributed by atoms with van der Waals surface area (Å²) in [6, 6.07) is 90.7. The zero-order valence-electron chi connectivity index (χ0n) is 39.5. The summed E-state index contributed by atoms with van der Waals surface area (Å²) in [5, 5.41) is 17.6. The first-order chi connectivity index (χ1) is 35.0. The van der Waals surface area contributed by atoms with Gasteiger partial charge in [0.25, 0.3) is 0 Å². The molecule has 0 atom stereocenters. The molecule has 0 unspecified atom stereocenters. The van der Waals surface area contributed by atoms with E-state index in [1.54, 1.807) is 0 Å². The van der Waals surface area contributed by atoms with Gasteiger partial charge < -0.3 is 9.47 Å². The predicted octanol–water partition coefficient (Wildman–Crippen LogP) is 19.1. The molecule has 71 heavy (non-hydrogen) atoms. The lowest BCUT2D eigenvalue weighted by molar-refractivity contribution is 0.638. The number of hydrogen-bond acceptors (Lipinski definition) is 1. The Morgan fingerprint density at radius 3 is 1.61 bits per heavy atom. The molecule has 0 amide bonds. The van der Waals surface area contributed by atoms with Crippen molar-refractivity contribution in [2.75, 3.05) is 4.90 Å². The van der Waals surface area contributed by atoms with Gasteiger partial charge in [0.05, 0.1) is 28.1 Å². The van der Waals surface area contributed by atoms with Crippen LogP contribution in [0.4, 0.5) is 17.1 Å².